The van der Waals surface area contributed by atoms with Gasteiger partial charge in [0.1, 0.15) is 5.75 Å². The second-order valence-electron chi connectivity index (χ2n) is 9.91. The molecule has 0 bridgehead atoms. The first-order chi connectivity index (χ1) is 17.3. The van der Waals surface area contributed by atoms with Crippen LogP contribution in [0.1, 0.15) is 95.8 Å². The van der Waals surface area contributed by atoms with Gasteiger partial charge in [0, 0.05) is 11.5 Å². The maximum absolute atomic E-state index is 6.06. The predicted octanol–water partition coefficient (Wildman–Crippen LogP) is 9.28. The molecule has 0 spiro atoms. The molecule has 0 unspecified atom stereocenters. The van der Waals surface area contributed by atoms with Gasteiger partial charge in [0.05, 0.1) is 19.8 Å². The number of rotatable bonds is 17. The second-order valence-corrected chi connectivity index (χ2v) is 9.91. The molecule has 3 rings (SSSR count). The second kappa shape index (κ2) is 16.5. The zero-order valence-corrected chi connectivity index (χ0v) is 21.9. The topological polar surface area (TPSA) is 27.7 Å². The average molecular weight is 479 g/mol. The lowest BCUT2D eigenvalue weighted by Gasteiger charge is -2.29. The fraction of sp³-hybridized carbons (Fsp3) is 0.562. The molecule has 1 aliphatic rings. The van der Waals surface area contributed by atoms with Gasteiger partial charge in [-0.25, -0.2) is 0 Å². The van der Waals surface area contributed by atoms with Crippen LogP contribution in [-0.4, -0.2) is 19.8 Å². The third kappa shape index (κ3) is 10.2. The van der Waals surface area contributed by atoms with Gasteiger partial charge >= 0.3 is 0 Å². The number of benzene rings is 2. The predicted molar refractivity (Wildman–Crippen MR) is 147 cm³/mol. The Hall–Kier alpha value is -2.10. The summed E-state index contributed by atoms with van der Waals surface area (Å²) in [5.74, 6) is 1.47. The van der Waals surface area contributed by atoms with Crippen molar-refractivity contribution in [3.63, 3.8) is 0 Å². The zero-order valence-electron chi connectivity index (χ0n) is 21.9. The molecule has 0 radical (unpaired) electrons. The molecule has 1 heterocycles. The summed E-state index contributed by atoms with van der Waals surface area (Å²) in [6.07, 6.45) is 16.9. The van der Waals surface area contributed by atoms with Gasteiger partial charge < -0.3 is 14.2 Å². The summed E-state index contributed by atoms with van der Waals surface area (Å²) >= 11 is 0. The quantitative estimate of drug-likeness (QED) is 0.167. The van der Waals surface area contributed by atoms with Crippen LogP contribution in [0.4, 0.5) is 0 Å². The van der Waals surface area contributed by atoms with Crippen molar-refractivity contribution in [2.24, 2.45) is 5.92 Å². The normalized spacial score (nSPS) is 17.9. The first kappa shape index (κ1) is 27.5. The van der Waals surface area contributed by atoms with Crippen molar-refractivity contribution in [1.29, 1.82) is 0 Å². The van der Waals surface area contributed by atoms with E-state index in [2.05, 4.69) is 62.0 Å². The van der Waals surface area contributed by atoms with E-state index in [1.54, 1.807) is 0 Å². The molecular formula is C32H46O3. The van der Waals surface area contributed by atoms with Gasteiger partial charge in [0.15, 0.2) is 6.29 Å². The molecule has 0 aliphatic carbocycles. The highest BCUT2D eigenvalue weighted by Crippen LogP contribution is 2.30. The smallest absolute Gasteiger partial charge is 0.183 e. The van der Waals surface area contributed by atoms with Crippen LogP contribution in [0.3, 0.4) is 0 Å². The molecular weight excluding hydrogens is 432 g/mol. The molecule has 2 aromatic carbocycles. The zero-order chi connectivity index (χ0) is 24.6. The van der Waals surface area contributed by atoms with Crippen molar-refractivity contribution in [2.75, 3.05) is 19.8 Å². The minimum absolute atomic E-state index is 0.245. The highest BCUT2D eigenvalue weighted by molar-refractivity contribution is 5.64. The lowest BCUT2D eigenvalue weighted by Crippen LogP contribution is -2.27. The molecule has 192 valence electrons. The third-order valence-electron chi connectivity index (χ3n) is 6.87. The summed E-state index contributed by atoms with van der Waals surface area (Å²) in [5.41, 5.74) is 3.49. The Bertz CT molecular complexity index is 804. The minimum Gasteiger partial charge on any atom is -0.494 e. The van der Waals surface area contributed by atoms with E-state index in [-0.39, 0.29) is 6.29 Å². The third-order valence-corrected chi connectivity index (χ3v) is 6.87. The van der Waals surface area contributed by atoms with E-state index >= 15 is 0 Å². The minimum atomic E-state index is -0.245. The largest absolute Gasteiger partial charge is 0.494 e. The number of hydrogen-bond donors (Lipinski definition) is 0. The van der Waals surface area contributed by atoms with Crippen LogP contribution in [-0.2, 0) is 9.47 Å². The summed E-state index contributed by atoms with van der Waals surface area (Å²) in [7, 11) is 0. The first-order valence-corrected chi connectivity index (χ1v) is 14.0. The molecule has 0 N–H and O–H groups in total. The van der Waals surface area contributed by atoms with Crippen LogP contribution in [0, 0.1) is 5.92 Å². The molecule has 0 saturated carbocycles. The maximum atomic E-state index is 6.06. The van der Waals surface area contributed by atoms with Crippen LogP contribution < -0.4 is 4.74 Å². The molecule has 1 fully saturated rings. The molecule has 2 aromatic rings. The molecule has 1 aliphatic heterocycles. The van der Waals surface area contributed by atoms with Crippen molar-refractivity contribution >= 4 is 0 Å². The van der Waals surface area contributed by atoms with Gasteiger partial charge in [-0.05, 0) is 48.9 Å². The number of hydrogen-bond acceptors (Lipinski definition) is 3. The van der Waals surface area contributed by atoms with Crippen LogP contribution >= 0.6 is 0 Å². The van der Waals surface area contributed by atoms with Gasteiger partial charge in [0.25, 0.3) is 0 Å². The number of allylic oxidation sites excluding steroid dienone is 1. The average Bonchev–Trinajstić information content (AvgIpc) is 2.91. The molecule has 35 heavy (non-hydrogen) atoms. The summed E-state index contributed by atoms with van der Waals surface area (Å²) in [6, 6.07) is 17.0. The van der Waals surface area contributed by atoms with Crippen LogP contribution in [0.5, 0.6) is 5.75 Å². The number of unbranched alkanes of at least 4 members (excludes halogenated alkanes) is 9. The molecule has 0 aromatic heterocycles. The van der Waals surface area contributed by atoms with Crippen molar-refractivity contribution in [1.82, 2.24) is 0 Å². The summed E-state index contributed by atoms with van der Waals surface area (Å²) in [4.78, 5) is 0. The van der Waals surface area contributed by atoms with Crippen molar-refractivity contribution < 1.29 is 14.2 Å². The Labute approximate surface area is 213 Å². The standard InChI is InChI=1S/C32H46O3/c1-3-5-7-9-11-13-15-27-25-34-32(35-26-27)30-18-16-28(17-19-30)29-20-22-31(23-21-29)33-24-14-12-10-8-6-4-2/h3,16-23,27,32H,1,4-15,24-26H2,2H3. The monoisotopic (exact) mass is 478 g/mol. The Morgan fingerprint density at radius 1 is 0.771 bits per heavy atom. The summed E-state index contributed by atoms with van der Waals surface area (Å²) < 4.78 is 18.0. The van der Waals surface area contributed by atoms with Gasteiger partial charge in [-0.1, -0.05) is 101 Å². The van der Waals surface area contributed by atoms with Crippen LogP contribution in [0.15, 0.2) is 61.2 Å². The van der Waals surface area contributed by atoms with Gasteiger partial charge in [0.2, 0.25) is 0 Å². The Morgan fingerprint density at radius 3 is 2.06 bits per heavy atom. The molecule has 3 heteroatoms. The van der Waals surface area contributed by atoms with E-state index in [0.717, 1.165) is 44.0 Å². The molecule has 3 nitrogen and oxygen atoms in total. The Kier molecular flexibility index (Phi) is 13.0. The molecule has 0 atom stereocenters. The van der Waals surface area contributed by atoms with E-state index in [9.17, 15) is 0 Å². The van der Waals surface area contributed by atoms with E-state index < -0.39 is 0 Å². The van der Waals surface area contributed by atoms with E-state index in [1.165, 1.54) is 75.3 Å². The van der Waals surface area contributed by atoms with Gasteiger partial charge in [-0.2, -0.15) is 0 Å². The van der Waals surface area contributed by atoms with Gasteiger partial charge in [-0.3, -0.25) is 0 Å². The SMILES string of the molecule is C=CCCCCCCC1COC(c2ccc(-c3ccc(OCCCCCCCC)cc3)cc2)OC1. The summed E-state index contributed by atoms with van der Waals surface area (Å²) in [6.45, 7) is 8.43. The highest BCUT2D eigenvalue weighted by Gasteiger charge is 2.23. The maximum Gasteiger partial charge on any atom is 0.183 e. The summed E-state index contributed by atoms with van der Waals surface area (Å²) in [5, 5.41) is 0. The van der Waals surface area contributed by atoms with E-state index in [4.69, 9.17) is 14.2 Å². The van der Waals surface area contributed by atoms with Crippen molar-refractivity contribution in [3.8, 4) is 16.9 Å². The first-order valence-electron chi connectivity index (χ1n) is 14.0. The Balaban J connectivity index is 1.35. The lowest BCUT2D eigenvalue weighted by atomic mass is 10.0. The van der Waals surface area contributed by atoms with Crippen LogP contribution in [0.25, 0.3) is 11.1 Å². The molecule has 1 saturated heterocycles. The fourth-order valence-corrected chi connectivity index (χ4v) is 4.63. The van der Waals surface area contributed by atoms with Crippen molar-refractivity contribution in [2.45, 2.75) is 90.3 Å². The van der Waals surface area contributed by atoms with E-state index in [1.807, 2.05) is 6.08 Å². The van der Waals surface area contributed by atoms with E-state index in [0.29, 0.717) is 5.92 Å². The van der Waals surface area contributed by atoms with Gasteiger partial charge in [-0.15, -0.1) is 6.58 Å². The fourth-order valence-electron chi connectivity index (χ4n) is 4.63. The van der Waals surface area contributed by atoms with Crippen molar-refractivity contribution in [3.05, 3.63) is 66.7 Å². The van der Waals surface area contributed by atoms with Crippen LogP contribution in [0.2, 0.25) is 0 Å². The lowest BCUT2D eigenvalue weighted by molar-refractivity contribution is -0.206. The molecule has 0 amide bonds. The number of ether oxygens (including phenoxy) is 3. The Morgan fingerprint density at radius 2 is 1.37 bits per heavy atom. The highest BCUT2D eigenvalue weighted by atomic mass is 16.7.